The van der Waals surface area contributed by atoms with Gasteiger partial charge in [0.1, 0.15) is 0 Å². The van der Waals surface area contributed by atoms with E-state index in [-0.39, 0.29) is 12.6 Å². The van der Waals surface area contributed by atoms with Crippen molar-refractivity contribution < 1.29 is 5.11 Å². The standard InChI is InChI=1S/C19H30N2O/c22-16-18(20-12-6-2-7-13-20)19(17-10-4-1-5-11-17)21-14-8-3-9-15-21/h1,4-5,10-11,18-19,22H,2-3,6-9,12-16H2. The quantitative estimate of drug-likeness (QED) is 0.905. The van der Waals surface area contributed by atoms with Crippen LogP contribution in [0, 0.1) is 0 Å². The summed E-state index contributed by atoms with van der Waals surface area (Å²) in [7, 11) is 0. The van der Waals surface area contributed by atoms with Crippen LogP contribution >= 0.6 is 0 Å². The molecule has 0 spiro atoms. The van der Waals surface area contributed by atoms with Crippen LogP contribution in [0.15, 0.2) is 30.3 Å². The number of aliphatic hydroxyl groups is 1. The Balaban J connectivity index is 1.85. The molecule has 2 atom stereocenters. The van der Waals surface area contributed by atoms with Gasteiger partial charge in [0.2, 0.25) is 0 Å². The second kappa shape index (κ2) is 8.09. The van der Waals surface area contributed by atoms with Gasteiger partial charge in [-0.05, 0) is 57.4 Å². The lowest BCUT2D eigenvalue weighted by Gasteiger charge is -2.44. The van der Waals surface area contributed by atoms with E-state index in [1.165, 1.54) is 57.2 Å². The molecule has 122 valence electrons. The van der Waals surface area contributed by atoms with E-state index in [0.29, 0.717) is 6.04 Å². The Morgan fingerprint density at radius 3 is 1.86 bits per heavy atom. The van der Waals surface area contributed by atoms with Gasteiger partial charge in [-0.3, -0.25) is 9.80 Å². The molecule has 0 bridgehead atoms. The van der Waals surface area contributed by atoms with Crippen LogP contribution in [0.3, 0.4) is 0 Å². The minimum atomic E-state index is 0.237. The highest BCUT2D eigenvalue weighted by Crippen LogP contribution is 2.31. The number of rotatable bonds is 5. The number of hydrogen-bond donors (Lipinski definition) is 1. The Labute approximate surface area is 134 Å². The van der Waals surface area contributed by atoms with Crippen LogP contribution in [0.25, 0.3) is 0 Å². The molecule has 0 amide bonds. The first-order chi connectivity index (χ1) is 10.9. The average Bonchev–Trinajstić information content (AvgIpc) is 2.62. The molecular weight excluding hydrogens is 272 g/mol. The lowest BCUT2D eigenvalue weighted by Crippen LogP contribution is -2.51. The highest BCUT2D eigenvalue weighted by molar-refractivity contribution is 5.21. The summed E-state index contributed by atoms with van der Waals surface area (Å²) >= 11 is 0. The van der Waals surface area contributed by atoms with Gasteiger partial charge in [-0.25, -0.2) is 0 Å². The van der Waals surface area contributed by atoms with Gasteiger partial charge in [0, 0.05) is 0 Å². The Morgan fingerprint density at radius 2 is 1.32 bits per heavy atom. The zero-order chi connectivity index (χ0) is 15.2. The molecule has 2 fully saturated rings. The van der Waals surface area contributed by atoms with Gasteiger partial charge in [0.15, 0.2) is 0 Å². The second-order valence-corrected chi connectivity index (χ2v) is 6.80. The fourth-order valence-corrected chi connectivity index (χ4v) is 4.19. The normalized spacial score (nSPS) is 24.0. The van der Waals surface area contributed by atoms with E-state index in [0.717, 1.165) is 13.1 Å². The maximum Gasteiger partial charge on any atom is 0.0605 e. The third-order valence-corrected chi connectivity index (χ3v) is 5.34. The van der Waals surface area contributed by atoms with E-state index in [4.69, 9.17) is 0 Å². The van der Waals surface area contributed by atoms with Crippen LogP contribution in [-0.2, 0) is 0 Å². The van der Waals surface area contributed by atoms with Crippen molar-refractivity contribution in [3.63, 3.8) is 0 Å². The number of hydrogen-bond acceptors (Lipinski definition) is 3. The molecule has 0 saturated carbocycles. The summed E-state index contributed by atoms with van der Waals surface area (Å²) in [4.78, 5) is 5.16. The van der Waals surface area contributed by atoms with Crippen molar-refractivity contribution in [2.75, 3.05) is 32.8 Å². The summed E-state index contributed by atoms with van der Waals surface area (Å²) in [5.41, 5.74) is 1.37. The summed E-state index contributed by atoms with van der Waals surface area (Å²) in [6.45, 7) is 4.88. The maximum atomic E-state index is 10.2. The van der Waals surface area contributed by atoms with Crippen molar-refractivity contribution in [2.45, 2.75) is 50.6 Å². The second-order valence-electron chi connectivity index (χ2n) is 6.80. The van der Waals surface area contributed by atoms with Gasteiger partial charge in [0.05, 0.1) is 18.7 Å². The molecular formula is C19H30N2O. The molecule has 2 saturated heterocycles. The number of benzene rings is 1. The predicted molar refractivity (Wildman–Crippen MR) is 90.9 cm³/mol. The van der Waals surface area contributed by atoms with Crippen LogP contribution in [0.4, 0.5) is 0 Å². The fourth-order valence-electron chi connectivity index (χ4n) is 4.19. The van der Waals surface area contributed by atoms with E-state index < -0.39 is 0 Å². The van der Waals surface area contributed by atoms with Crippen LogP contribution in [0.5, 0.6) is 0 Å². The third kappa shape index (κ3) is 3.70. The molecule has 22 heavy (non-hydrogen) atoms. The molecule has 0 aromatic heterocycles. The lowest BCUT2D eigenvalue weighted by molar-refractivity contribution is 0.0212. The first kappa shape index (κ1) is 16.0. The van der Waals surface area contributed by atoms with Crippen molar-refractivity contribution >= 4 is 0 Å². The summed E-state index contributed by atoms with van der Waals surface area (Å²) in [6.07, 6.45) is 7.83. The van der Waals surface area contributed by atoms with Gasteiger partial charge in [-0.15, -0.1) is 0 Å². The SMILES string of the molecule is OCC(C(c1ccccc1)N1CCCCC1)N1CCCCC1. The molecule has 2 unspecified atom stereocenters. The topological polar surface area (TPSA) is 26.7 Å². The minimum absolute atomic E-state index is 0.237. The van der Waals surface area contributed by atoms with Gasteiger partial charge in [0.25, 0.3) is 0 Å². The van der Waals surface area contributed by atoms with Crippen molar-refractivity contribution in [3.8, 4) is 0 Å². The molecule has 3 rings (SSSR count). The molecule has 2 aliphatic heterocycles. The van der Waals surface area contributed by atoms with Crippen LogP contribution in [0.2, 0.25) is 0 Å². The summed E-state index contributed by atoms with van der Waals surface area (Å²) in [5.74, 6) is 0. The Bertz CT molecular complexity index is 424. The molecule has 1 aromatic carbocycles. The zero-order valence-corrected chi connectivity index (χ0v) is 13.7. The Morgan fingerprint density at radius 1 is 0.773 bits per heavy atom. The fraction of sp³-hybridized carbons (Fsp3) is 0.684. The Hall–Kier alpha value is -0.900. The number of likely N-dealkylation sites (tertiary alicyclic amines) is 2. The molecule has 1 aromatic rings. The molecule has 2 aliphatic rings. The third-order valence-electron chi connectivity index (χ3n) is 5.34. The Kier molecular flexibility index (Phi) is 5.88. The smallest absolute Gasteiger partial charge is 0.0605 e. The van der Waals surface area contributed by atoms with Crippen molar-refractivity contribution in [1.82, 2.24) is 9.80 Å². The van der Waals surface area contributed by atoms with E-state index in [2.05, 4.69) is 40.1 Å². The number of aliphatic hydroxyl groups excluding tert-OH is 1. The highest BCUT2D eigenvalue weighted by Gasteiger charge is 2.33. The highest BCUT2D eigenvalue weighted by atomic mass is 16.3. The van der Waals surface area contributed by atoms with Crippen molar-refractivity contribution in [2.24, 2.45) is 0 Å². The first-order valence-corrected chi connectivity index (χ1v) is 9.04. The van der Waals surface area contributed by atoms with Crippen LogP contribution < -0.4 is 0 Å². The van der Waals surface area contributed by atoms with Crippen LogP contribution in [-0.4, -0.2) is 53.7 Å². The van der Waals surface area contributed by atoms with Gasteiger partial charge in [-0.2, -0.15) is 0 Å². The largest absolute Gasteiger partial charge is 0.395 e. The number of nitrogens with zero attached hydrogens (tertiary/aromatic N) is 2. The summed E-state index contributed by atoms with van der Waals surface area (Å²) < 4.78 is 0. The molecule has 2 heterocycles. The van der Waals surface area contributed by atoms with E-state index in [1.54, 1.807) is 0 Å². The van der Waals surface area contributed by atoms with Crippen molar-refractivity contribution in [1.29, 1.82) is 0 Å². The molecule has 0 aliphatic carbocycles. The zero-order valence-electron chi connectivity index (χ0n) is 13.7. The van der Waals surface area contributed by atoms with Gasteiger partial charge >= 0.3 is 0 Å². The van der Waals surface area contributed by atoms with Gasteiger partial charge in [-0.1, -0.05) is 43.2 Å². The first-order valence-electron chi connectivity index (χ1n) is 9.04. The summed E-state index contributed by atoms with van der Waals surface area (Å²) in [6, 6.07) is 11.4. The van der Waals surface area contributed by atoms with E-state index in [1.807, 2.05) is 0 Å². The number of piperidine rings is 2. The lowest BCUT2D eigenvalue weighted by atomic mass is 9.93. The van der Waals surface area contributed by atoms with Crippen molar-refractivity contribution in [3.05, 3.63) is 35.9 Å². The van der Waals surface area contributed by atoms with Crippen LogP contribution in [0.1, 0.15) is 50.1 Å². The maximum absolute atomic E-state index is 10.2. The predicted octanol–water partition coefficient (Wildman–Crippen LogP) is 3.06. The monoisotopic (exact) mass is 302 g/mol. The van der Waals surface area contributed by atoms with Gasteiger partial charge < -0.3 is 5.11 Å². The molecule has 3 heteroatoms. The molecule has 1 N–H and O–H groups in total. The van der Waals surface area contributed by atoms with E-state index in [9.17, 15) is 5.11 Å². The summed E-state index contributed by atoms with van der Waals surface area (Å²) in [5, 5.41) is 10.2. The van der Waals surface area contributed by atoms with E-state index >= 15 is 0 Å². The molecule has 0 radical (unpaired) electrons. The average molecular weight is 302 g/mol. The minimum Gasteiger partial charge on any atom is -0.395 e. The molecule has 3 nitrogen and oxygen atoms in total.